The van der Waals surface area contributed by atoms with Crippen LogP contribution in [-0.4, -0.2) is 48.4 Å². The fourth-order valence-corrected chi connectivity index (χ4v) is 1.82. The number of methoxy groups -OCH3 is 2. The van der Waals surface area contributed by atoms with E-state index in [2.05, 4.69) is 15.3 Å². The first-order valence-electron chi connectivity index (χ1n) is 6.63. The Kier molecular flexibility index (Phi) is 5.26. The summed E-state index contributed by atoms with van der Waals surface area (Å²) in [5, 5.41) is 12.2. The van der Waals surface area contributed by atoms with Crippen LogP contribution in [0.15, 0.2) is 30.3 Å². The zero-order valence-electron chi connectivity index (χ0n) is 12.4. The molecule has 0 aliphatic heterocycles. The van der Waals surface area contributed by atoms with Gasteiger partial charge in [0.15, 0.2) is 11.5 Å². The van der Waals surface area contributed by atoms with Crippen LogP contribution in [0.4, 0.5) is 5.82 Å². The number of nitrogens with one attached hydrogen (secondary N) is 1. The van der Waals surface area contributed by atoms with Crippen molar-refractivity contribution in [3.05, 3.63) is 36.0 Å². The summed E-state index contributed by atoms with van der Waals surface area (Å²) in [5.41, 5.74) is 0.602. The van der Waals surface area contributed by atoms with E-state index in [0.29, 0.717) is 36.1 Å². The first-order chi connectivity index (χ1) is 10.6. The predicted octanol–water partition coefficient (Wildman–Crippen LogP) is 1.91. The average Bonchev–Trinajstić information content (AvgIpc) is 2.55. The summed E-state index contributed by atoms with van der Waals surface area (Å²) in [6.07, 6.45) is 0. The number of benzene rings is 1. The molecule has 0 amide bonds. The van der Waals surface area contributed by atoms with Crippen molar-refractivity contribution in [2.24, 2.45) is 0 Å². The smallest absolute Gasteiger partial charge is 0.354 e. The lowest BCUT2D eigenvalue weighted by Gasteiger charge is -2.09. The molecule has 0 atom stereocenters. The molecule has 2 aromatic rings. The fourth-order valence-electron chi connectivity index (χ4n) is 1.82. The van der Waals surface area contributed by atoms with Gasteiger partial charge in [0.1, 0.15) is 11.6 Å². The number of aromatic nitrogens is 2. The molecule has 2 rings (SSSR count). The SMILES string of the molecule is COCCNc1cc(C(=O)O)nc(-c2cccc(OC)c2)n1. The van der Waals surface area contributed by atoms with Crippen LogP contribution in [-0.2, 0) is 4.74 Å². The predicted molar refractivity (Wildman–Crippen MR) is 81.3 cm³/mol. The highest BCUT2D eigenvalue weighted by Gasteiger charge is 2.12. The number of carbonyl (C=O) groups is 1. The molecule has 0 saturated heterocycles. The summed E-state index contributed by atoms with van der Waals surface area (Å²) >= 11 is 0. The van der Waals surface area contributed by atoms with E-state index in [4.69, 9.17) is 9.47 Å². The molecule has 1 heterocycles. The van der Waals surface area contributed by atoms with Crippen molar-refractivity contribution < 1.29 is 19.4 Å². The van der Waals surface area contributed by atoms with E-state index in [9.17, 15) is 9.90 Å². The van der Waals surface area contributed by atoms with Crippen LogP contribution < -0.4 is 10.1 Å². The van der Waals surface area contributed by atoms with Crippen LogP contribution in [0.5, 0.6) is 5.75 Å². The van der Waals surface area contributed by atoms with Gasteiger partial charge in [0.25, 0.3) is 0 Å². The van der Waals surface area contributed by atoms with Gasteiger partial charge in [-0.3, -0.25) is 0 Å². The molecule has 2 N–H and O–H groups in total. The zero-order chi connectivity index (χ0) is 15.9. The van der Waals surface area contributed by atoms with Gasteiger partial charge in [-0.25, -0.2) is 14.8 Å². The van der Waals surface area contributed by atoms with E-state index in [1.54, 1.807) is 38.5 Å². The maximum Gasteiger partial charge on any atom is 0.354 e. The minimum absolute atomic E-state index is 0.0762. The molecule has 7 nitrogen and oxygen atoms in total. The van der Waals surface area contributed by atoms with Gasteiger partial charge in [-0.05, 0) is 12.1 Å². The number of nitrogens with zero attached hydrogens (tertiary/aromatic N) is 2. The third-order valence-corrected chi connectivity index (χ3v) is 2.89. The van der Waals surface area contributed by atoms with Crippen molar-refractivity contribution in [2.45, 2.75) is 0 Å². The highest BCUT2D eigenvalue weighted by Crippen LogP contribution is 2.22. The highest BCUT2D eigenvalue weighted by molar-refractivity contribution is 5.87. The quantitative estimate of drug-likeness (QED) is 0.754. The van der Waals surface area contributed by atoms with Crippen molar-refractivity contribution in [3.8, 4) is 17.1 Å². The summed E-state index contributed by atoms with van der Waals surface area (Å²) in [7, 11) is 3.15. The Balaban J connectivity index is 2.38. The number of rotatable bonds is 7. The van der Waals surface area contributed by atoms with E-state index in [1.165, 1.54) is 6.07 Å². The van der Waals surface area contributed by atoms with Crippen LogP contribution in [0.25, 0.3) is 11.4 Å². The molecule has 116 valence electrons. The lowest BCUT2D eigenvalue weighted by molar-refractivity contribution is 0.0690. The van der Waals surface area contributed by atoms with Crippen molar-refractivity contribution >= 4 is 11.8 Å². The minimum atomic E-state index is -1.11. The number of hydrogen-bond acceptors (Lipinski definition) is 6. The van der Waals surface area contributed by atoms with E-state index in [0.717, 1.165) is 0 Å². The number of carboxylic acids is 1. The Morgan fingerprint density at radius 1 is 1.27 bits per heavy atom. The Morgan fingerprint density at radius 3 is 2.77 bits per heavy atom. The van der Waals surface area contributed by atoms with Gasteiger partial charge in [0, 0.05) is 25.3 Å². The lowest BCUT2D eigenvalue weighted by Crippen LogP contribution is -2.11. The number of carboxylic acid groups (broad SMARTS) is 1. The number of aromatic carboxylic acids is 1. The number of hydrogen-bond donors (Lipinski definition) is 2. The minimum Gasteiger partial charge on any atom is -0.497 e. The Bertz CT molecular complexity index is 661. The van der Waals surface area contributed by atoms with Crippen molar-refractivity contribution in [1.82, 2.24) is 9.97 Å². The van der Waals surface area contributed by atoms with E-state index < -0.39 is 5.97 Å². The normalized spacial score (nSPS) is 10.3. The van der Waals surface area contributed by atoms with Gasteiger partial charge in [0.05, 0.1) is 13.7 Å². The number of anilines is 1. The van der Waals surface area contributed by atoms with Gasteiger partial charge >= 0.3 is 5.97 Å². The summed E-state index contributed by atoms with van der Waals surface area (Å²) < 4.78 is 10.1. The molecule has 0 radical (unpaired) electrons. The molecule has 1 aromatic heterocycles. The van der Waals surface area contributed by atoms with E-state index in [-0.39, 0.29) is 5.69 Å². The largest absolute Gasteiger partial charge is 0.497 e. The summed E-state index contributed by atoms with van der Waals surface area (Å²) in [6, 6.07) is 8.52. The maximum absolute atomic E-state index is 11.2. The van der Waals surface area contributed by atoms with Gasteiger partial charge in [-0.2, -0.15) is 0 Å². The molecule has 0 unspecified atom stereocenters. The van der Waals surface area contributed by atoms with Crippen LogP contribution in [0.1, 0.15) is 10.5 Å². The van der Waals surface area contributed by atoms with Gasteiger partial charge in [-0.15, -0.1) is 0 Å². The topological polar surface area (TPSA) is 93.6 Å². The van der Waals surface area contributed by atoms with Gasteiger partial charge < -0.3 is 19.9 Å². The average molecular weight is 303 g/mol. The highest BCUT2D eigenvalue weighted by atomic mass is 16.5. The van der Waals surface area contributed by atoms with Crippen LogP contribution in [0.3, 0.4) is 0 Å². The second kappa shape index (κ2) is 7.37. The summed E-state index contributed by atoms with van der Waals surface area (Å²) in [6.45, 7) is 1.00. The molecule has 0 saturated carbocycles. The number of ether oxygens (including phenoxy) is 2. The van der Waals surface area contributed by atoms with Crippen LogP contribution in [0, 0.1) is 0 Å². The van der Waals surface area contributed by atoms with E-state index in [1.807, 2.05) is 0 Å². The van der Waals surface area contributed by atoms with Gasteiger partial charge in [-0.1, -0.05) is 12.1 Å². The summed E-state index contributed by atoms with van der Waals surface area (Å²) in [5.74, 6) is 0.290. The zero-order valence-corrected chi connectivity index (χ0v) is 12.4. The molecular formula is C15H17N3O4. The Morgan fingerprint density at radius 2 is 2.09 bits per heavy atom. The molecule has 0 spiro atoms. The molecule has 7 heteroatoms. The second-order valence-electron chi connectivity index (χ2n) is 4.42. The first kappa shape index (κ1) is 15.7. The molecule has 22 heavy (non-hydrogen) atoms. The Hall–Kier alpha value is -2.67. The first-order valence-corrected chi connectivity index (χ1v) is 6.63. The standard InChI is InChI=1S/C15H17N3O4/c1-21-7-6-16-13-9-12(15(19)20)17-14(18-13)10-4-3-5-11(8-10)22-2/h3-5,8-9H,6-7H2,1-2H3,(H,19,20)(H,16,17,18). The third-order valence-electron chi connectivity index (χ3n) is 2.89. The molecule has 0 aliphatic rings. The molecule has 0 bridgehead atoms. The molecule has 0 fully saturated rings. The molecule has 1 aromatic carbocycles. The summed E-state index contributed by atoms with van der Waals surface area (Å²) in [4.78, 5) is 19.6. The van der Waals surface area contributed by atoms with Gasteiger partial charge in [0.2, 0.25) is 0 Å². The molecule has 0 aliphatic carbocycles. The van der Waals surface area contributed by atoms with Crippen molar-refractivity contribution in [2.75, 3.05) is 32.7 Å². The fraction of sp³-hybridized carbons (Fsp3) is 0.267. The monoisotopic (exact) mass is 303 g/mol. The molecular weight excluding hydrogens is 286 g/mol. The van der Waals surface area contributed by atoms with Crippen molar-refractivity contribution in [3.63, 3.8) is 0 Å². The van der Waals surface area contributed by atoms with Crippen LogP contribution in [0.2, 0.25) is 0 Å². The second-order valence-corrected chi connectivity index (χ2v) is 4.42. The maximum atomic E-state index is 11.2. The van der Waals surface area contributed by atoms with Crippen LogP contribution >= 0.6 is 0 Å². The Labute approximate surface area is 127 Å². The lowest BCUT2D eigenvalue weighted by atomic mass is 10.2. The third kappa shape index (κ3) is 3.92. The van der Waals surface area contributed by atoms with Crippen molar-refractivity contribution in [1.29, 1.82) is 0 Å². The van der Waals surface area contributed by atoms with E-state index >= 15 is 0 Å².